The SMILES string of the molecule is CCOc1cc(C2/C(=C(\O)c3ccccc3)C(=O)C(=O)N2c2nc3ccc(C)cc3s2)ccc1O. The number of anilines is 1. The van der Waals surface area contributed by atoms with Crippen LogP contribution >= 0.6 is 11.3 Å². The van der Waals surface area contributed by atoms with Crippen LogP contribution in [0.2, 0.25) is 0 Å². The summed E-state index contributed by atoms with van der Waals surface area (Å²) < 4.78 is 6.42. The first-order valence-corrected chi connectivity index (χ1v) is 11.9. The zero-order valence-corrected chi connectivity index (χ0v) is 19.9. The number of hydrogen-bond donors (Lipinski definition) is 2. The molecule has 1 aromatic heterocycles. The lowest BCUT2D eigenvalue weighted by Crippen LogP contribution is -2.29. The number of phenols is 1. The summed E-state index contributed by atoms with van der Waals surface area (Å²) in [4.78, 5) is 32.6. The van der Waals surface area contributed by atoms with Crippen molar-refractivity contribution in [1.82, 2.24) is 4.98 Å². The Kier molecular flexibility index (Phi) is 5.74. The first-order valence-electron chi connectivity index (χ1n) is 11.1. The highest BCUT2D eigenvalue weighted by atomic mass is 32.1. The molecule has 0 radical (unpaired) electrons. The van der Waals surface area contributed by atoms with Crippen LogP contribution in [-0.4, -0.2) is 33.5 Å². The van der Waals surface area contributed by atoms with Crippen molar-refractivity contribution in [2.45, 2.75) is 19.9 Å². The van der Waals surface area contributed by atoms with Gasteiger partial charge in [0.25, 0.3) is 5.78 Å². The highest BCUT2D eigenvalue weighted by Gasteiger charge is 2.48. The highest BCUT2D eigenvalue weighted by molar-refractivity contribution is 7.22. The predicted octanol–water partition coefficient (Wildman–Crippen LogP) is 5.34. The molecular weight excluding hydrogens is 464 g/mol. The Morgan fingerprint density at radius 2 is 1.86 bits per heavy atom. The Morgan fingerprint density at radius 1 is 1.09 bits per heavy atom. The zero-order chi connectivity index (χ0) is 24.7. The summed E-state index contributed by atoms with van der Waals surface area (Å²) in [6.07, 6.45) is 0. The zero-order valence-electron chi connectivity index (χ0n) is 19.1. The van der Waals surface area contributed by atoms with Gasteiger partial charge in [-0.05, 0) is 49.2 Å². The van der Waals surface area contributed by atoms with Crippen LogP contribution in [0.25, 0.3) is 16.0 Å². The molecule has 1 fully saturated rings. The van der Waals surface area contributed by atoms with Crippen LogP contribution in [0.15, 0.2) is 72.3 Å². The number of aliphatic hydroxyl groups is 1. The van der Waals surface area contributed by atoms with Gasteiger partial charge in [0.05, 0.1) is 28.4 Å². The number of phenolic OH excluding ortho intramolecular Hbond substituents is 1. The molecule has 0 spiro atoms. The van der Waals surface area contributed by atoms with Crippen molar-refractivity contribution in [3.8, 4) is 11.5 Å². The topological polar surface area (TPSA) is 100.0 Å². The van der Waals surface area contributed by atoms with E-state index in [0.29, 0.717) is 28.4 Å². The number of fused-ring (bicyclic) bond motifs is 1. The van der Waals surface area contributed by atoms with Gasteiger partial charge in [-0.1, -0.05) is 53.8 Å². The fourth-order valence-corrected chi connectivity index (χ4v) is 5.28. The van der Waals surface area contributed by atoms with Crippen molar-refractivity contribution in [2.75, 3.05) is 11.5 Å². The summed E-state index contributed by atoms with van der Waals surface area (Å²) >= 11 is 1.30. The number of hydrogen-bond acceptors (Lipinski definition) is 7. The molecule has 1 aliphatic heterocycles. The quantitative estimate of drug-likeness (QED) is 0.225. The number of rotatable bonds is 5. The van der Waals surface area contributed by atoms with E-state index in [1.54, 1.807) is 49.4 Å². The maximum atomic E-state index is 13.4. The van der Waals surface area contributed by atoms with E-state index >= 15 is 0 Å². The van der Waals surface area contributed by atoms with Crippen molar-refractivity contribution in [1.29, 1.82) is 0 Å². The van der Waals surface area contributed by atoms with E-state index in [2.05, 4.69) is 4.98 Å². The lowest BCUT2D eigenvalue weighted by Gasteiger charge is -2.23. The Hall–Kier alpha value is -4.17. The molecule has 176 valence electrons. The van der Waals surface area contributed by atoms with Crippen LogP contribution in [0.3, 0.4) is 0 Å². The van der Waals surface area contributed by atoms with Gasteiger partial charge >= 0.3 is 5.91 Å². The van der Waals surface area contributed by atoms with Gasteiger partial charge in [0.2, 0.25) is 0 Å². The Morgan fingerprint density at radius 3 is 2.60 bits per heavy atom. The second kappa shape index (κ2) is 8.88. The molecule has 0 bridgehead atoms. The number of aromatic nitrogens is 1. The maximum absolute atomic E-state index is 13.4. The number of carbonyl (C=O) groups is 2. The number of thiazole rings is 1. The molecular formula is C27H22N2O5S. The third-order valence-electron chi connectivity index (χ3n) is 5.83. The monoisotopic (exact) mass is 486 g/mol. The third-order valence-corrected chi connectivity index (χ3v) is 6.85. The average molecular weight is 487 g/mol. The van der Waals surface area contributed by atoms with Crippen molar-refractivity contribution in [3.05, 3.63) is 89.0 Å². The van der Waals surface area contributed by atoms with Gasteiger partial charge < -0.3 is 14.9 Å². The molecule has 1 saturated heterocycles. The molecule has 1 aliphatic rings. The summed E-state index contributed by atoms with van der Waals surface area (Å²) in [5, 5.41) is 21.8. The number of aryl methyl sites for hydroxylation is 1. The standard InChI is InChI=1S/C27H22N2O5S/c1-3-34-20-14-17(10-12-19(20)30)23-22(24(31)16-7-5-4-6-8-16)25(32)26(33)29(23)27-28-18-11-9-15(2)13-21(18)35-27/h4-14,23,30-31H,3H2,1-2H3/b24-22+. The molecule has 8 heteroatoms. The number of nitrogens with zero attached hydrogens (tertiary/aromatic N) is 2. The molecule has 7 nitrogen and oxygen atoms in total. The van der Waals surface area contributed by atoms with E-state index in [4.69, 9.17) is 4.74 Å². The molecule has 1 atom stereocenters. The predicted molar refractivity (Wildman–Crippen MR) is 135 cm³/mol. The van der Waals surface area contributed by atoms with Crippen molar-refractivity contribution < 1.29 is 24.5 Å². The molecule has 35 heavy (non-hydrogen) atoms. The fraction of sp³-hybridized carbons (Fsp3) is 0.148. The fourth-order valence-electron chi connectivity index (χ4n) is 4.19. The van der Waals surface area contributed by atoms with Gasteiger partial charge in [-0.15, -0.1) is 0 Å². The summed E-state index contributed by atoms with van der Waals surface area (Å²) in [6.45, 7) is 4.08. The molecule has 2 heterocycles. The van der Waals surface area contributed by atoms with Gasteiger partial charge in [0.15, 0.2) is 16.6 Å². The van der Waals surface area contributed by atoms with Crippen molar-refractivity contribution in [2.24, 2.45) is 0 Å². The highest BCUT2D eigenvalue weighted by Crippen LogP contribution is 2.45. The van der Waals surface area contributed by atoms with Crippen LogP contribution in [0, 0.1) is 6.92 Å². The maximum Gasteiger partial charge on any atom is 0.301 e. The van der Waals surface area contributed by atoms with E-state index in [-0.39, 0.29) is 22.8 Å². The van der Waals surface area contributed by atoms with Gasteiger partial charge in [-0.3, -0.25) is 14.5 Å². The van der Waals surface area contributed by atoms with E-state index in [1.807, 2.05) is 25.1 Å². The lowest BCUT2D eigenvalue weighted by atomic mass is 9.95. The van der Waals surface area contributed by atoms with Crippen LogP contribution in [-0.2, 0) is 9.59 Å². The van der Waals surface area contributed by atoms with Crippen LogP contribution in [0.1, 0.15) is 29.7 Å². The molecule has 4 aromatic rings. The third kappa shape index (κ3) is 3.91. The van der Waals surface area contributed by atoms with Gasteiger partial charge in [0, 0.05) is 5.56 Å². The van der Waals surface area contributed by atoms with E-state index < -0.39 is 17.7 Å². The average Bonchev–Trinajstić information content (AvgIpc) is 3.38. The number of aromatic hydroxyl groups is 1. The van der Waals surface area contributed by atoms with Crippen molar-refractivity contribution in [3.63, 3.8) is 0 Å². The summed E-state index contributed by atoms with van der Waals surface area (Å²) in [5.74, 6) is -1.71. The Bertz CT molecular complexity index is 1490. The number of amides is 1. The van der Waals surface area contributed by atoms with E-state index in [9.17, 15) is 19.8 Å². The van der Waals surface area contributed by atoms with Crippen molar-refractivity contribution >= 4 is 44.1 Å². The first kappa shape index (κ1) is 22.6. The van der Waals surface area contributed by atoms with E-state index in [0.717, 1.165) is 10.3 Å². The number of aliphatic hydroxyl groups excluding tert-OH is 1. The van der Waals surface area contributed by atoms with Crippen LogP contribution < -0.4 is 9.64 Å². The normalized spacial score (nSPS) is 17.3. The molecule has 2 N–H and O–H groups in total. The van der Waals surface area contributed by atoms with Gasteiger partial charge in [-0.25, -0.2) is 4.98 Å². The summed E-state index contributed by atoms with van der Waals surface area (Å²) in [5.41, 5.74) is 2.62. The summed E-state index contributed by atoms with van der Waals surface area (Å²) in [7, 11) is 0. The minimum atomic E-state index is -0.961. The first-order chi connectivity index (χ1) is 16.9. The van der Waals surface area contributed by atoms with Gasteiger partial charge in [0.1, 0.15) is 5.76 Å². The van der Waals surface area contributed by atoms with Crippen LogP contribution in [0.4, 0.5) is 5.13 Å². The minimum Gasteiger partial charge on any atom is -0.507 e. The smallest absolute Gasteiger partial charge is 0.301 e. The Labute approximate surface area is 205 Å². The molecule has 3 aromatic carbocycles. The molecule has 1 amide bonds. The molecule has 0 aliphatic carbocycles. The second-order valence-electron chi connectivity index (χ2n) is 8.16. The number of benzene rings is 3. The number of carbonyl (C=O) groups excluding carboxylic acids is 2. The largest absolute Gasteiger partial charge is 0.507 e. The molecule has 0 saturated carbocycles. The lowest BCUT2D eigenvalue weighted by molar-refractivity contribution is -0.132. The minimum absolute atomic E-state index is 0.0511. The van der Waals surface area contributed by atoms with E-state index in [1.165, 1.54) is 22.3 Å². The van der Waals surface area contributed by atoms with Gasteiger partial charge in [-0.2, -0.15) is 0 Å². The molecule has 1 unspecified atom stereocenters. The Balaban J connectivity index is 1.74. The summed E-state index contributed by atoms with van der Waals surface area (Å²) in [6, 6.07) is 18.1. The number of Topliss-reactive ketones (excluding diaryl/α,β-unsaturated/α-hetero) is 1. The number of ether oxygens (including phenoxy) is 1. The second-order valence-corrected chi connectivity index (χ2v) is 9.17. The molecule has 5 rings (SSSR count). The van der Waals surface area contributed by atoms with Crippen LogP contribution in [0.5, 0.6) is 11.5 Å². The number of ketones is 1.